The molecule has 0 heteroatoms. The van der Waals surface area contributed by atoms with E-state index in [9.17, 15) is 0 Å². The lowest BCUT2D eigenvalue weighted by molar-refractivity contribution is 0.680. The molecular formula is C8H14. The zero-order valence-electron chi connectivity index (χ0n) is 5.78. The van der Waals surface area contributed by atoms with Crippen molar-refractivity contribution in [3.63, 3.8) is 0 Å². The van der Waals surface area contributed by atoms with Crippen LogP contribution < -0.4 is 0 Å². The van der Waals surface area contributed by atoms with Crippen molar-refractivity contribution in [3.8, 4) is 0 Å². The van der Waals surface area contributed by atoms with Crippen molar-refractivity contribution in [2.45, 2.75) is 20.3 Å². The van der Waals surface area contributed by atoms with Crippen LogP contribution in [-0.4, -0.2) is 0 Å². The minimum atomic E-state index is 0.523. The average molecular weight is 110 g/mol. The maximum Gasteiger partial charge on any atom is -0.0179 e. The first kappa shape index (κ1) is 7.74. The molecule has 0 aromatic heterocycles. The van der Waals surface area contributed by atoms with Crippen molar-refractivity contribution in [1.29, 1.82) is 0 Å². The van der Waals surface area contributed by atoms with Crippen LogP contribution in [0.25, 0.3) is 0 Å². The summed E-state index contributed by atoms with van der Waals surface area (Å²) in [5, 5.41) is 0. The van der Waals surface area contributed by atoms with E-state index in [2.05, 4.69) is 27.4 Å². The lowest BCUT2D eigenvalue weighted by atomic mass is 9.94. The Morgan fingerprint density at radius 3 is 2.12 bits per heavy atom. The quantitative estimate of drug-likeness (QED) is 0.490. The Kier molecular flexibility index (Phi) is 3.59. The third kappa shape index (κ3) is 2.15. The molecule has 0 rings (SSSR count). The Morgan fingerprint density at radius 2 is 2.12 bits per heavy atom. The second-order valence-electron chi connectivity index (χ2n) is 2.21. The molecule has 0 nitrogen and oxygen atoms in total. The molecule has 0 spiro atoms. The number of allylic oxidation sites excluding steroid dienone is 1. The van der Waals surface area contributed by atoms with Crippen LogP contribution in [0.2, 0.25) is 0 Å². The van der Waals surface area contributed by atoms with Crippen LogP contribution in [0.1, 0.15) is 20.3 Å². The van der Waals surface area contributed by atoms with E-state index in [1.54, 1.807) is 0 Å². The molecule has 0 heterocycles. The van der Waals surface area contributed by atoms with Gasteiger partial charge in [0, 0.05) is 0 Å². The lowest BCUT2D eigenvalue weighted by Gasteiger charge is -2.11. The third-order valence-electron chi connectivity index (χ3n) is 1.34. The Hall–Kier alpha value is -0.260. The molecule has 2 radical (unpaired) electrons. The number of hydrogen-bond acceptors (Lipinski definition) is 0. The van der Waals surface area contributed by atoms with Crippen LogP contribution in [0, 0.1) is 18.8 Å². The Labute approximate surface area is 52.6 Å². The number of hydrogen-bond donors (Lipinski definition) is 0. The van der Waals surface area contributed by atoms with E-state index >= 15 is 0 Å². The highest BCUT2D eigenvalue weighted by Crippen LogP contribution is 2.16. The molecule has 0 amide bonds. The summed E-state index contributed by atoms with van der Waals surface area (Å²) in [7, 11) is 0. The molecular weight excluding hydrogens is 96.1 g/mol. The van der Waals surface area contributed by atoms with Crippen molar-refractivity contribution in [1.82, 2.24) is 0 Å². The van der Waals surface area contributed by atoms with Crippen molar-refractivity contribution >= 4 is 0 Å². The van der Waals surface area contributed by atoms with Gasteiger partial charge in [0.25, 0.3) is 0 Å². The van der Waals surface area contributed by atoms with Crippen molar-refractivity contribution < 1.29 is 0 Å². The normalized spacial score (nSPS) is 14.0. The Balaban J connectivity index is 3.51. The first-order valence-electron chi connectivity index (χ1n) is 2.94. The minimum absolute atomic E-state index is 0.523. The average Bonchev–Trinajstić information content (AvgIpc) is 1.69. The summed E-state index contributed by atoms with van der Waals surface area (Å²) in [5.74, 6) is 1.92. The summed E-state index contributed by atoms with van der Waals surface area (Å²) in [6, 6.07) is 0. The molecule has 0 aliphatic heterocycles. The highest BCUT2D eigenvalue weighted by atomic mass is 14.1. The minimum Gasteiger partial charge on any atom is -0.103 e. The molecule has 0 bridgehead atoms. The van der Waals surface area contributed by atoms with Crippen LogP contribution >= 0.6 is 0 Å². The predicted octanol–water partition coefficient (Wildman–Crippen LogP) is 2.63. The largest absolute Gasteiger partial charge is 0.103 e. The molecule has 0 aliphatic rings. The molecule has 0 fully saturated rings. The molecule has 0 saturated heterocycles. The SMILES string of the molecule is [CH2]CC(C=C)[C](C)C. The Bertz CT molecular complexity index is 62.4. The van der Waals surface area contributed by atoms with Gasteiger partial charge in [-0.1, -0.05) is 26.8 Å². The molecule has 0 aromatic rings. The van der Waals surface area contributed by atoms with E-state index in [0.29, 0.717) is 5.92 Å². The van der Waals surface area contributed by atoms with E-state index in [4.69, 9.17) is 0 Å². The van der Waals surface area contributed by atoms with Gasteiger partial charge in [-0.3, -0.25) is 0 Å². The maximum atomic E-state index is 3.79. The van der Waals surface area contributed by atoms with E-state index in [1.807, 2.05) is 6.08 Å². The van der Waals surface area contributed by atoms with E-state index in [0.717, 1.165) is 6.42 Å². The van der Waals surface area contributed by atoms with Gasteiger partial charge >= 0.3 is 0 Å². The maximum absolute atomic E-state index is 3.79. The van der Waals surface area contributed by atoms with Crippen LogP contribution in [0.3, 0.4) is 0 Å². The highest BCUT2D eigenvalue weighted by Gasteiger charge is 2.04. The molecule has 0 aliphatic carbocycles. The number of rotatable bonds is 3. The van der Waals surface area contributed by atoms with Gasteiger partial charge in [0.05, 0.1) is 0 Å². The van der Waals surface area contributed by atoms with Crippen LogP contribution in [-0.2, 0) is 0 Å². The van der Waals surface area contributed by atoms with Gasteiger partial charge in [0.2, 0.25) is 0 Å². The first-order valence-corrected chi connectivity index (χ1v) is 2.94. The smallest absolute Gasteiger partial charge is 0.0179 e. The highest BCUT2D eigenvalue weighted by molar-refractivity contribution is 4.97. The third-order valence-corrected chi connectivity index (χ3v) is 1.34. The summed E-state index contributed by atoms with van der Waals surface area (Å²) < 4.78 is 0. The first-order chi connectivity index (χ1) is 3.72. The standard InChI is InChI=1S/C8H14/c1-5-8(6-2)7(3)4/h5,8H,1-2,6H2,3-4H3. The fourth-order valence-electron chi connectivity index (χ4n) is 0.642. The molecule has 0 saturated carbocycles. The molecule has 0 aromatic carbocycles. The van der Waals surface area contributed by atoms with Gasteiger partial charge in [-0.05, 0) is 18.3 Å². The van der Waals surface area contributed by atoms with Crippen molar-refractivity contribution in [3.05, 3.63) is 25.5 Å². The lowest BCUT2D eigenvalue weighted by Crippen LogP contribution is -2.00. The predicted molar refractivity (Wildman–Crippen MR) is 38.3 cm³/mol. The fourth-order valence-corrected chi connectivity index (χ4v) is 0.642. The summed E-state index contributed by atoms with van der Waals surface area (Å²) in [4.78, 5) is 0. The molecule has 0 N–H and O–H groups in total. The zero-order valence-corrected chi connectivity index (χ0v) is 5.78. The second kappa shape index (κ2) is 3.71. The van der Waals surface area contributed by atoms with E-state index < -0.39 is 0 Å². The molecule has 1 unspecified atom stereocenters. The molecule has 1 atom stereocenters. The molecule has 8 heavy (non-hydrogen) atoms. The summed E-state index contributed by atoms with van der Waals surface area (Å²) in [6.07, 6.45) is 2.88. The Morgan fingerprint density at radius 1 is 1.62 bits per heavy atom. The van der Waals surface area contributed by atoms with Gasteiger partial charge in [-0.2, -0.15) is 0 Å². The molecule has 46 valence electrons. The van der Waals surface area contributed by atoms with Gasteiger partial charge in [-0.25, -0.2) is 0 Å². The fraction of sp³-hybridized carbons (Fsp3) is 0.500. The topological polar surface area (TPSA) is 0 Å². The van der Waals surface area contributed by atoms with Gasteiger partial charge in [0.1, 0.15) is 0 Å². The summed E-state index contributed by atoms with van der Waals surface area (Å²) >= 11 is 0. The van der Waals surface area contributed by atoms with Gasteiger partial charge in [0.15, 0.2) is 0 Å². The monoisotopic (exact) mass is 110 g/mol. The summed E-state index contributed by atoms with van der Waals surface area (Å²) in [6.45, 7) is 11.7. The van der Waals surface area contributed by atoms with Crippen LogP contribution in [0.4, 0.5) is 0 Å². The van der Waals surface area contributed by atoms with Crippen LogP contribution in [0.15, 0.2) is 12.7 Å². The second-order valence-corrected chi connectivity index (χ2v) is 2.21. The zero-order chi connectivity index (χ0) is 6.57. The van der Waals surface area contributed by atoms with Crippen molar-refractivity contribution in [2.75, 3.05) is 0 Å². The van der Waals surface area contributed by atoms with Gasteiger partial charge < -0.3 is 0 Å². The van der Waals surface area contributed by atoms with Crippen molar-refractivity contribution in [2.24, 2.45) is 5.92 Å². The summed E-state index contributed by atoms with van der Waals surface area (Å²) in [5.41, 5.74) is 0. The van der Waals surface area contributed by atoms with Crippen LogP contribution in [0.5, 0.6) is 0 Å². The van der Waals surface area contributed by atoms with E-state index in [1.165, 1.54) is 5.92 Å². The van der Waals surface area contributed by atoms with Gasteiger partial charge in [-0.15, -0.1) is 6.58 Å². The van der Waals surface area contributed by atoms with E-state index in [-0.39, 0.29) is 0 Å².